The van der Waals surface area contributed by atoms with Gasteiger partial charge in [0, 0.05) is 70.3 Å². The Morgan fingerprint density at radius 2 is 1.95 bits per heavy atom. The molecule has 0 spiro atoms. The van der Waals surface area contributed by atoms with Crippen LogP contribution in [0.15, 0.2) is 24.5 Å². The molecule has 0 saturated carbocycles. The van der Waals surface area contributed by atoms with Gasteiger partial charge in [-0.05, 0) is 25.5 Å². The van der Waals surface area contributed by atoms with E-state index in [1.807, 2.05) is 18.5 Å². The van der Waals surface area contributed by atoms with Crippen LogP contribution in [0.2, 0.25) is 0 Å². The minimum Gasteiger partial charge on any atom is -0.298 e. The van der Waals surface area contributed by atoms with Crippen molar-refractivity contribution in [3.05, 3.63) is 30.1 Å². The second-order valence-corrected chi connectivity index (χ2v) is 6.37. The average Bonchev–Trinajstić information content (AvgIpc) is 2.44. The smallest absolute Gasteiger partial charge is 0.0351 e. The molecule has 2 fully saturated rings. The van der Waals surface area contributed by atoms with Crippen LogP contribution in [0.25, 0.3) is 0 Å². The van der Waals surface area contributed by atoms with E-state index in [1.165, 1.54) is 44.8 Å². The maximum absolute atomic E-state index is 4.19. The molecule has 1 aromatic rings. The Balaban J connectivity index is 1.40. The minimum atomic E-state index is 0.695. The molecule has 20 heavy (non-hydrogen) atoms. The molecule has 0 amide bonds. The zero-order valence-corrected chi connectivity index (χ0v) is 12.7. The quantitative estimate of drug-likeness (QED) is 0.825. The van der Waals surface area contributed by atoms with E-state index in [1.54, 1.807) is 0 Å². The molecular formula is C16H26N4. The monoisotopic (exact) mass is 274 g/mol. The van der Waals surface area contributed by atoms with Crippen LogP contribution in [-0.4, -0.2) is 71.0 Å². The zero-order chi connectivity index (χ0) is 13.9. The number of aromatic nitrogens is 1. The van der Waals surface area contributed by atoms with E-state index in [0.29, 0.717) is 6.04 Å². The fraction of sp³-hybridized carbons (Fsp3) is 0.688. The summed E-state index contributed by atoms with van der Waals surface area (Å²) in [4.78, 5) is 12.0. The average molecular weight is 274 g/mol. The van der Waals surface area contributed by atoms with Crippen molar-refractivity contribution in [1.29, 1.82) is 0 Å². The van der Waals surface area contributed by atoms with Gasteiger partial charge in [-0.1, -0.05) is 6.07 Å². The molecule has 0 aromatic carbocycles. The summed E-state index contributed by atoms with van der Waals surface area (Å²) >= 11 is 0. The van der Waals surface area contributed by atoms with Crippen LogP contribution in [0.5, 0.6) is 0 Å². The van der Waals surface area contributed by atoms with Gasteiger partial charge in [-0.15, -0.1) is 0 Å². The van der Waals surface area contributed by atoms with Crippen molar-refractivity contribution in [3.8, 4) is 0 Å². The third kappa shape index (κ3) is 3.19. The summed E-state index contributed by atoms with van der Waals surface area (Å²) in [6, 6.07) is 5.67. The largest absolute Gasteiger partial charge is 0.298 e. The van der Waals surface area contributed by atoms with Gasteiger partial charge in [0.2, 0.25) is 0 Å². The van der Waals surface area contributed by atoms with Crippen LogP contribution in [0.1, 0.15) is 19.4 Å². The predicted octanol–water partition coefficient (Wildman–Crippen LogP) is 1.29. The summed E-state index contributed by atoms with van der Waals surface area (Å²) < 4.78 is 0. The number of hydrogen-bond donors (Lipinski definition) is 0. The van der Waals surface area contributed by atoms with Gasteiger partial charge in [0.15, 0.2) is 0 Å². The fourth-order valence-corrected chi connectivity index (χ4v) is 3.27. The van der Waals surface area contributed by atoms with Crippen LogP contribution in [-0.2, 0) is 6.54 Å². The predicted molar refractivity (Wildman–Crippen MR) is 81.6 cm³/mol. The third-order valence-electron chi connectivity index (χ3n) is 4.66. The van der Waals surface area contributed by atoms with Crippen LogP contribution in [0, 0.1) is 0 Å². The molecule has 110 valence electrons. The molecule has 3 heterocycles. The second-order valence-electron chi connectivity index (χ2n) is 6.37. The normalized spacial score (nSPS) is 23.1. The SMILES string of the molecule is CC(C)N1CCN(C2CN(Cc3cccnc3)C2)CC1. The molecule has 0 N–H and O–H groups in total. The molecular weight excluding hydrogens is 248 g/mol. The molecule has 3 rings (SSSR count). The highest BCUT2D eigenvalue weighted by Crippen LogP contribution is 2.19. The van der Waals surface area contributed by atoms with Crippen molar-refractivity contribution in [3.63, 3.8) is 0 Å². The summed E-state index contributed by atoms with van der Waals surface area (Å²) in [7, 11) is 0. The zero-order valence-electron chi connectivity index (χ0n) is 12.7. The van der Waals surface area contributed by atoms with Crippen LogP contribution in [0.3, 0.4) is 0 Å². The molecule has 0 aliphatic carbocycles. The Labute approximate surface area is 122 Å². The number of rotatable bonds is 4. The van der Waals surface area contributed by atoms with Crippen LogP contribution in [0.4, 0.5) is 0 Å². The molecule has 0 atom stereocenters. The minimum absolute atomic E-state index is 0.695. The first-order chi connectivity index (χ1) is 9.72. The Morgan fingerprint density at radius 1 is 1.20 bits per heavy atom. The van der Waals surface area contributed by atoms with Gasteiger partial charge in [0.25, 0.3) is 0 Å². The molecule has 4 nitrogen and oxygen atoms in total. The molecule has 2 aliphatic heterocycles. The number of likely N-dealkylation sites (tertiary alicyclic amines) is 1. The molecule has 2 aliphatic rings. The summed E-state index contributed by atoms with van der Waals surface area (Å²) in [5, 5.41) is 0. The molecule has 4 heteroatoms. The van der Waals surface area contributed by atoms with Crippen molar-refractivity contribution in [2.24, 2.45) is 0 Å². The number of pyridine rings is 1. The van der Waals surface area contributed by atoms with Crippen molar-refractivity contribution in [2.45, 2.75) is 32.5 Å². The van der Waals surface area contributed by atoms with Gasteiger partial charge < -0.3 is 0 Å². The molecule has 2 saturated heterocycles. The van der Waals surface area contributed by atoms with Crippen molar-refractivity contribution in [2.75, 3.05) is 39.3 Å². The maximum atomic E-state index is 4.19. The van der Waals surface area contributed by atoms with Gasteiger partial charge in [-0.2, -0.15) is 0 Å². The summed E-state index contributed by atoms with van der Waals surface area (Å²) in [6.07, 6.45) is 3.82. The van der Waals surface area contributed by atoms with Crippen LogP contribution < -0.4 is 0 Å². The first kappa shape index (κ1) is 14.0. The molecule has 0 radical (unpaired) electrons. The second kappa shape index (κ2) is 6.20. The van der Waals surface area contributed by atoms with E-state index in [9.17, 15) is 0 Å². The Hall–Kier alpha value is -0.970. The summed E-state index contributed by atoms with van der Waals surface area (Å²) in [6.45, 7) is 13.0. The third-order valence-corrected chi connectivity index (χ3v) is 4.66. The fourth-order valence-electron chi connectivity index (χ4n) is 3.27. The highest BCUT2D eigenvalue weighted by Gasteiger charge is 2.33. The van der Waals surface area contributed by atoms with Gasteiger partial charge in [0.1, 0.15) is 0 Å². The summed E-state index contributed by atoms with van der Waals surface area (Å²) in [5.41, 5.74) is 1.33. The van der Waals surface area contributed by atoms with Crippen molar-refractivity contribution < 1.29 is 0 Å². The molecule has 0 bridgehead atoms. The number of piperazine rings is 1. The lowest BCUT2D eigenvalue weighted by atomic mass is 10.0. The van der Waals surface area contributed by atoms with Gasteiger partial charge in [-0.25, -0.2) is 0 Å². The van der Waals surface area contributed by atoms with E-state index >= 15 is 0 Å². The van der Waals surface area contributed by atoms with E-state index in [-0.39, 0.29) is 0 Å². The molecule has 0 unspecified atom stereocenters. The van der Waals surface area contributed by atoms with Crippen LogP contribution >= 0.6 is 0 Å². The number of nitrogens with zero attached hydrogens (tertiary/aromatic N) is 4. The van der Waals surface area contributed by atoms with Crippen molar-refractivity contribution in [1.82, 2.24) is 19.7 Å². The van der Waals surface area contributed by atoms with Gasteiger partial charge >= 0.3 is 0 Å². The van der Waals surface area contributed by atoms with Gasteiger partial charge in [-0.3, -0.25) is 19.7 Å². The lowest BCUT2D eigenvalue weighted by molar-refractivity contribution is -0.00415. The first-order valence-electron chi connectivity index (χ1n) is 7.82. The molecule has 1 aromatic heterocycles. The highest BCUT2D eigenvalue weighted by molar-refractivity contribution is 5.09. The van der Waals surface area contributed by atoms with E-state index in [2.05, 4.69) is 39.6 Å². The standard InChI is InChI=1S/C16H26N4/c1-14(2)19-6-8-20(9-7-19)16-12-18(13-16)11-15-4-3-5-17-10-15/h3-5,10,14,16H,6-9,11-13H2,1-2H3. The lowest BCUT2D eigenvalue weighted by Crippen LogP contribution is -2.63. The topological polar surface area (TPSA) is 22.6 Å². The number of hydrogen-bond acceptors (Lipinski definition) is 4. The highest BCUT2D eigenvalue weighted by atomic mass is 15.3. The maximum Gasteiger partial charge on any atom is 0.0351 e. The first-order valence-corrected chi connectivity index (χ1v) is 7.82. The lowest BCUT2D eigenvalue weighted by Gasteiger charge is -2.48. The Kier molecular flexibility index (Phi) is 4.34. The Bertz CT molecular complexity index is 406. The van der Waals surface area contributed by atoms with E-state index in [4.69, 9.17) is 0 Å². The summed E-state index contributed by atoms with van der Waals surface area (Å²) in [5.74, 6) is 0. The van der Waals surface area contributed by atoms with E-state index in [0.717, 1.165) is 12.6 Å². The van der Waals surface area contributed by atoms with E-state index < -0.39 is 0 Å². The Morgan fingerprint density at radius 3 is 2.55 bits per heavy atom. The van der Waals surface area contributed by atoms with Gasteiger partial charge in [0.05, 0.1) is 0 Å². The van der Waals surface area contributed by atoms with Crippen molar-refractivity contribution >= 4 is 0 Å².